The van der Waals surface area contributed by atoms with Gasteiger partial charge in [-0.05, 0) is 36.5 Å². The first-order valence-electron chi connectivity index (χ1n) is 7.59. The van der Waals surface area contributed by atoms with Crippen LogP contribution in [0.2, 0.25) is 0 Å². The average Bonchev–Trinajstić information content (AvgIpc) is 2.38. The van der Waals surface area contributed by atoms with Gasteiger partial charge in [0.15, 0.2) is 0 Å². The van der Waals surface area contributed by atoms with Crippen molar-refractivity contribution in [2.75, 3.05) is 6.61 Å². The molecule has 0 aromatic heterocycles. The lowest BCUT2D eigenvalue weighted by Gasteiger charge is -2.41. The topological polar surface area (TPSA) is 38.7 Å². The molecule has 0 bridgehead atoms. The first kappa shape index (κ1) is 15.3. The van der Waals surface area contributed by atoms with Gasteiger partial charge < -0.3 is 14.6 Å². The Morgan fingerprint density at radius 3 is 2.70 bits per heavy atom. The number of rotatable bonds is 6. The zero-order valence-corrected chi connectivity index (χ0v) is 12.9. The number of aryl methyl sites for hydroxylation is 1. The molecule has 1 aliphatic carbocycles. The smallest absolute Gasteiger partial charge is 0.130 e. The van der Waals surface area contributed by atoms with E-state index in [9.17, 15) is 5.11 Å². The summed E-state index contributed by atoms with van der Waals surface area (Å²) < 4.78 is 11.8. The van der Waals surface area contributed by atoms with Gasteiger partial charge >= 0.3 is 0 Å². The lowest BCUT2D eigenvalue weighted by Crippen LogP contribution is -2.55. The molecule has 3 atom stereocenters. The molecule has 3 heteroatoms. The molecule has 0 heterocycles. The van der Waals surface area contributed by atoms with Crippen molar-refractivity contribution in [3.05, 3.63) is 29.3 Å². The van der Waals surface area contributed by atoms with Crippen molar-refractivity contribution >= 4 is 0 Å². The molecular weight excluding hydrogens is 252 g/mol. The van der Waals surface area contributed by atoms with E-state index >= 15 is 0 Å². The van der Waals surface area contributed by atoms with Crippen LogP contribution in [-0.2, 0) is 4.74 Å². The fourth-order valence-electron chi connectivity index (χ4n) is 2.53. The van der Waals surface area contributed by atoms with Crippen molar-refractivity contribution in [1.82, 2.24) is 0 Å². The molecule has 0 radical (unpaired) electrons. The summed E-state index contributed by atoms with van der Waals surface area (Å²) >= 11 is 0. The highest BCUT2D eigenvalue weighted by atomic mass is 16.6. The maximum absolute atomic E-state index is 9.81. The van der Waals surface area contributed by atoms with Crippen LogP contribution in [0.3, 0.4) is 0 Å². The predicted octanol–water partition coefficient (Wildman–Crippen LogP) is 3.43. The summed E-state index contributed by atoms with van der Waals surface area (Å²) in [7, 11) is 0. The molecule has 1 N–H and O–H groups in total. The van der Waals surface area contributed by atoms with Crippen LogP contribution in [0.1, 0.15) is 50.7 Å². The number of benzene rings is 1. The van der Waals surface area contributed by atoms with E-state index in [4.69, 9.17) is 9.47 Å². The summed E-state index contributed by atoms with van der Waals surface area (Å²) in [5.74, 6) is 1.35. The van der Waals surface area contributed by atoms with Gasteiger partial charge in [-0.2, -0.15) is 0 Å². The van der Waals surface area contributed by atoms with Crippen LogP contribution in [0.4, 0.5) is 0 Å². The van der Waals surface area contributed by atoms with Crippen molar-refractivity contribution in [2.45, 2.75) is 64.8 Å². The van der Waals surface area contributed by atoms with E-state index in [1.165, 1.54) is 11.1 Å². The van der Waals surface area contributed by atoms with Gasteiger partial charge in [0.2, 0.25) is 0 Å². The molecule has 1 fully saturated rings. The minimum absolute atomic E-state index is 0.0316. The molecule has 3 unspecified atom stereocenters. The average molecular weight is 278 g/mol. The van der Waals surface area contributed by atoms with Gasteiger partial charge in [-0.15, -0.1) is 0 Å². The van der Waals surface area contributed by atoms with Gasteiger partial charge in [0, 0.05) is 13.0 Å². The Bertz CT molecular complexity index is 442. The second kappa shape index (κ2) is 6.59. The van der Waals surface area contributed by atoms with E-state index in [1.54, 1.807) is 0 Å². The third-order valence-corrected chi connectivity index (χ3v) is 3.80. The molecule has 0 spiro atoms. The number of hydrogen-bond acceptors (Lipinski definition) is 3. The van der Waals surface area contributed by atoms with Crippen LogP contribution in [-0.4, -0.2) is 30.0 Å². The minimum atomic E-state index is -0.390. The molecule has 112 valence electrons. The zero-order chi connectivity index (χ0) is 14.7. The van der Waals surface area contributed by atoms with Crippen molar-refractivity contribution < 1.29 is 14.6 Å². The largest absolute Gasteiger partial charge is 0.487 e. The first-order chi connectivity index (χ1) is 9.52. The lowest BCUT2D eigenvalue weighted by atomic mass is 9.87. The maximum atomic E-state index is 9.81. The molecule has 1 aliphatic rings. The standard InChI is InChI=1S/C17H26O3/c1-5-8-19-17-14(18)10-16(17)20-15-9-12(4)6-7-13(15)11(2)3/h6-7,9,11,14,16-18H,5,8,10H2,1-4H3. The van der Waals surface area contributed by atoms with Crippen LogP contribution in [0.15, 0.2) is 18.2 Å². The highest BCUT2D eigenvalue weighted by Crippen LogP contribution is 2.34. The second-order valence-corrected chi connectivity index (χ2v) is 5.99. The number of hydrogen-bond donors (Lipinski definition) is 1. The number of aliphatic hydroxyl groups excluding tert-OH is 1. The molecule has 0 aliphatic heterocycles. The minimum Gasteiger partial charge on any atom is -0.487 e. The van der Waals surface area contributed by atoms with E-state index < -0.39 is 0 Å². The van der Waals surface area contributed by atoms with Crippen molar-refractivity contribution in [2.24, 2.45) is 0 Å². The Balaban J connectivity index is 2.08. The molecule has 0 amide bonds. The van der Waals surface area contributed by atoms with E-state index in [0.717, 1.165) is 12.2 Å². The van der Waals surface area contributed by atoms with E-state index in [0.29, 0.717) is 18.9 Å². The van der Waals surface area contributed by atoms with E-state index in [-0.39, 0.29) is 18.3 Å². The summed E-state index contributed by atoms with van der Waals surface area (Å²) in [6.07, 6.45) is 1.00. The number of aliphatic hydroxyl groups is 1. The van der Waals surface area contributed by atoms with E-state index in [2.05, 4.69) is 45.9 Å². The summed E-state index contributed by atoms with van der Waals surface area (Å²) in [5.41, 5.74) is 2.40. The Kier molecular flexibility index (Phi) is 5.06. The van der Waals surface area contributed by atoms with E-state index in [1.807, 2.05) is 0 Å². The van der Waals surface area contributed by atoms with Crippen molar-refractivity contribution in [3.8, 4) is 5.75 Å². The fraction of sp³-hybridized carbons (Fsp3) is 0.647. The molecule has 1 aromatic carbocycles. The molecule has 1 aromatic rings. The van der Waals surface area contributed by atoms with Crippen LogP contribution in [0.25, 0.3) is 0 Å². The SMILES string of the molecule is CCCOC1C(O)CC1Oc1cc(C)ccc1C(C)C. The predicted molar refractivity (Wildman–Crippen MR) is 80.3 cm³/mol. The van der Waals surface area contributed by atoms with Gasteiger partial charge in [-0.3, -0.25) is 0 Å². The second-order valence-electron chi connectivity index (χ2n) is 5.99. The summed E-state index contributed by atoms with van der Waals surface area (Å²) in [4.78, 5) is 0. The molecular formula is C17H26O3. The molecule has 2 rings (SSSR count). The fourth-order valence-corrected chi connectivity index (χ4v) is 2.53. The Morgan fingerprint density at radius 1 is 1.35 bits per heavy atom. The third kappa shape index (κ3) is 3.33. The summed E-state index contributed by atoms with van der Waals surface area (Å²) in [6, 6.07) is 6.33. The van der Waals surface area contributed by atoms with Crippen LogP contribution >= 0.6 is 0 Å². The van der Waals surface area contributed by atoms with Gasteiger partial charge in [0.1, 0.15) is 18.0 Å². The van der Waals surface area contributed by atoms with Gasteiger partial charge in [-0.25, -0.2) is 0 Å². The molecule has 3 nitrogen and oxygen atoms in total. The van der Waals surface area contributed by atoms with Crippen LogP contribution in [0, 0.1) is 6.92 Å². The van der Waals surface area contributed by atoms with Crippen molar-refractivity contribution in [3.63, 3.8) is 0 Å². The molecule has 1 saturated carbocycles. The number of ether oxygens (including phenoxy) is 2. The van der Waals surface area contributed by atoms with Gasteiger partial charge in [-0.1, -0.05) is 32.9 Å². The summed E-state index contributed by atoms with van der Waals surface area (Å²) in [5, 5.41) is 9.81. The molecule has 0 saturated heterocycles. The third-order valence-electron chi connectivity index (χ3n) is 3.80. The normalized spacial score (nSPS) is 25.6. The maximum Gasteiger partial charge on any atom is 0.130 e. The Labute approximate surface area is 121 Å². The van der Waals surface area contributed by atoms with Crippen LogP contribution < -0.4 is 4.74 Å². The Morgan fingerprint density at radius 2 is 2.10 bits per heavy atom. The quantitative estimate of drug-likeness (QED) is 0.866. The monoisotopic (exact) mass is 278 g/mol. The van der Waals surface area contributed by atoms with Gasteiger partial charge in [0.05, 0.1) is 6.10 Å². The highest BCUT2D eigenvalue weighted by Gasteiger charge is 2.43. The first-order valence-corrected chi connectivity index (χ1v) is 7.59. The van der Waals surface area contributed by atoms with Gasteiger partial charge in [0.25, 0.3) is 0 Å². The Hall–Kier alpha value is -1.06. The summed E-state index contributed by atoms with van der Waals surface area (Å²) in [6.45, 7) is 9.14. The lowest BCUT2D eigenvalue weighted by molar-refractivity contribution is -0.162. The zero-order valence-electron chi connectivity index (χ0n) is 12.9. The molecule has 20 heavy (non-hydrogen) atoms. The van der Waals surface area contributed by atoms with Crippen molar-refractivity contribution in [1.29, 1.82) is 0 Å². The highest BCUT2D eigenvalue weighted by molar-refractivity contribution is 5.39. The van der Waals surface area contributed by atoms with Crippen LogP contribution in [0.5, 0.6) is 5.75 Å².